The van der Waals surface area contributed by atoms with E-state index in [2.05, 4.69) is 31.3 Å². The number of carbonyl (C=O) groups is 3. The molecular formula is C23H24N2O3. The molecule has 2 aromatic rings. The molecule has 5 heteroatoms. The first kappa shape index (κ1) is 18.4. The molecule has 1 saturated heterocycles. The van der Waals surface area contributed by atoms with E-state index < -0.39 is 0 Å². The van der Waals surface area contributed by atoms with Gasteiger partial charge in [-0.15, -0.1) is 0 Å². The lowest BCUT2D eigenvalue weighted by atomic mass is 9.71. The predicted octanol–water partition coefficient (Wildman–Crippen LogP) is 3.88. The van der Waals surface area contributed by atoms with Crippen molar-refractivity contribution in [2.45, 2.75) is 51.0 Å². The molecule has 0 unspecified atom stereocenters. The molecular weight excluding hydrogens is 352 g/mol. The Morgan fingerprint density at radius 1 is 1.04 bits per heavy atom. The molecule has 0 radical (unpaired) electrons. The van der Waals surface area contributed by atoms with E-state index in [0.29, 0.717) is 11.3 Å². The second-order valence-electron chi connectivity index (χ2n) is 8.21. The van der Waals surface area contributed by atoms with Gasteiger partial charge in [0.1, 0.15) is 0 Å². The van der Waals surface area contributed by atoms with Crippen LogP contribution in [0.4, 0.5) is 5.69 Å². The average molecular weight is 376 g/mol. The van der Waals surface area contributed by atoms with E-state index in [4.69, 9.17) is 0 Å². The highest BCUT2D eigenvalue weighted by molar-refractivity contribution is 6.20. The number of fused-ring (bicyclic) bond motifs is 1. The summed E-state index contributed by atoms with van der Waals surface area (Å²) >= 11 is 0. The number of anilines is 1. The van der Waals surface area contributed by atoms with Crippen LogP contribution in [0.25, 0.3) is 0 Å². The number of imide groups is 1. The first-order chi connectivity index (χ1) is 13.4. The van der Waals surface area contributed by atoms with Gasteiger partial charge < -0.3 is 5.32 Å². The van der Waals surface area contributed by atoms with Crippen LogP contribution >= 0.6 is 0 Å². The van der Waals surface area contributed by atoms with Gasteiger partial charge in [0.15, 0.2) is 0 Å². The van der Waals surface area contributed by atoms with Crippen molar-refractivity contribution in [2.24, 2.45) is 0 Å². The van der Waals surface area contributed by atoms with Crippen molar-refractivity contribution < 1.29 is 14.4 Å². The number of amides is 3. The summed E-state index contributed by atoms with van der Waals surface area (Å²) in [5.74, 6) is -0.627. The summed E-state index contributed by atoms with van der Waals surface area (Å²) in [5.41, 5.74) is 3.44. The van der Waals surface area contributed by atoms with E-state index in [0.717, 1.165) is 18.4 Å². The third-order valence-electron chi connectivity index (χ3n) is 5.85. The Labute approximate surface area is 164 Å². The number of nitrogens with zero attached hydrogens (tertiary/aromatic N) is 1. The smallest absolute Gasteiger partial charge is 0.251 e. The van der Waals surface area contributed by atoms with E-state index in [1.54, 1.807) is 24.3 Å². The van der Waals surface area contributed by atoms with Crippen LogP contribution < -0.4 is 10.2 Å². The molecule has 1 aliphatic carbocycles. The Morgan fingerprint density at radius 3 is 2.50 bits per heavy atom. The Hall–Kier alpha value is -2.95. The van der Waals surface area contributed by atoms with Crippen LogP contribution in [0.1, 0.15) is 67.1 Å². The van der Waals surface area contributed by atoms with Gasteiger partial charge in [-0.3, -0.25) is 19.3 Å². The maximum Gasteiger partial charge on any atom is 0.251 e. The van der Waals surface area contributed by atoms with Crippen LogP contribution in [-0.4, -0.2) is 17.7 Å². The molecule has 1 aliphatic heterocycles. The normalized spacial score (nSPS) is 20.8. The van der Waals surface area contributed by atoms with Crippen molar-refractivity contribution in [3.05, 3.63) is 65.2 Å². The van der Waals surface area contributed by atoms with E-state index in [1.807, 2.05) is 12.1 Å². The first-order valence-electron chi connectivity index (χ1n) is 9.73. The van der Waals surface area contributed by atoms with Gasteiger partial charge in [0.25, 0.3) is 5.91 Å². The molecule has 0 aromatic heterocycles. The lowest BCUT2D eigenvalue weighted by Gasteiger charge is -2.37. The van der Waals surface area contributed by atoms with Crippen molar-refractivity contribution in [1.29, 1.82) is 0 Å². The highest BCUT2D eigenvalue weighted by Crippen LogP contribution is 2.41. The second-order valence-corrected chi connectivity index (χ2v) is 8.21. The molecule has 144 valence electrons. The summed E-state index contributed by atoms with van der Waals surface area (Å²) in [6, 6.07) is 15.0. The average Bonchev–Trinajstić information content (AvgIpc) is 3.02. The highest BCUT2D eigenvalue weighted by Gasteiger charge is 2.33. The summed E-state index contributed by atoms with van der Waals surface area (Å²) in [4.78, 5) is 38.1. The third-order valence-corrected chi connectivity index (χ3v) is 5.85. The Bertz CT molecular complexity index is 948. The summed E-state index contributed by atoms with van der Waals surface area (Å²) < 4.78 is 0. The van der Waals surface area contributed by atoms with E-state index in [1.165, 1.54) is 10.5 Å². The lowest BCUT2D eigenvalue weighted by molar-refractivity contribution is -0.121. The van der Waals surface area contributed by atoms with Crippen molar-refractivity contribution in [3.8, 4) is 0 Å². The number of rotatable bonds is 3. The van der Waals surface area contributed by atoms with Gasteiger partial charge in [0.05, 0.1) is 11.7 Å². The van der Waals surface area contributed by atoms with Crippen LogP contribution in [0.15, 0.2) is 48.5 Å². The molecule has 5 nitrogen and oxygen atoms in total. The Morgan fingerprint density at radius 2 is 1.75 bits per heavy atom. The Balaban J connectivity index is 1.57. The number of carbonyl (C=O) groups excluding carboxylic acids is 3. The van der Waals surface area contributed by atoms with Crippen LogP contribution in [0.5, 0.6) is 0 Å². The quantitative estimate of drug-likeness (QED) is 0.827. The molecule has 0 bridgehead atoms. The molecule has 2 aromatic carbocycles. The number of nitrogens with one attached hydrogen (secondary N) is 1. The maximum atomic E-state index is 12.9. The Kier molecular flexibility index (Phi) is 4.53. The molecule has 0 saturated carbocycles. The minimum Gasteiger partial charge on any atom is -0.345 e. The summed E-state index contributed by atoms with van der Waals surface area (Å²) in [7, 11) is 0. The van der Waals surface area contributed by atoms with Crippen molar-refractivity contribution in [1.82, 2.24) is 5.32 Å². The lowest BCUT2D eigenvalue weighted by Crippen LogP contribution is -2.36. The predicted molar refractivity (Wildman–Crippen MR) is 107 cm³/mol. The van der Waals surface area contributed by atoms with Gasteiger partial charge in [-0.25, -0.2) is 0 Å². The molecule has 1 fully saturated rings. The van der Waals surface area contributed by atoms with Crippen LogP contribution in [-0.2, 0) is 15.0 Å². The van der Waals surface area contributed by atoms with E-state index >= 15 is 0 Å². The molecule has 2 aliphatic rings. The van der Waals surface area contributed by atoms with E-state index in [9.17, 15) is 14.4 Å². The summed E-state index contributed by atoms with van der Waals surface area (Å²) in [6.07, 6.45) is 2.32. The van der Waals surface area contributed by atoms with Crippen molar-refractivity contribution in [2.75, 3.05) is 4.90 Å². The van der Waals surface area contributed by atoms with Gasteiger partial charge in [-0.1, -0.05) is 44.2 Å². The zero-order valence-electron chi connectivity index (χ0n) is 16.2. The molecule has 4 rings (SSSR count). The highest BCUT2D eigenvalue weighted by atomic mass is 16.2. The minimum atomic E-state index is -0.217. The molecule has 0 spiro atoms. The molecule has 3 amide bonds. The minimum absolute atomic E-state index is 0.0459. The van der Waals surface area contributed by atoms with Crippen molar-refractivity contribution >= 4 is 23.4 Å². The maximum absolute atomic E-state index is 12.9. The number of hydrogen-bond donors (Lipinski definition) is 1. The summed E-state index contributed by atoms with van der Waals surface area (Å²) in [6.45, 7) is 4.47. The fourth-order valence-corrected chi connectivity index (χ4v) is 4.25. The number of benzene rings is 2. The van der Waals surface area contributed by atoms with Crippen LogP contribution in [0, 0.1) is 0 Å². The SMILES string of the molecule is CC1(C)CC[C@H](NC(=O)c2cccc(N3C(=O)CCC3=O)c2)c2ccccc21. The van der Waals surface area contributed by atoms with Gasteiger partial charge in [0.2, 0.25) is 11.8 Å². The van der Waals surface area contributed by atoms with Gasteiger partial charge in [0, 0.05) is 18.4 Å². The summed E-state index contributed by atoms with van der Waals surface area (Å²) in [5, 5.41) is 3.14. The fraction of sp³-hybridized carbons (Fsp3) is 0.348. The van der Waals surface area contributed by atoms with Gasteiger partial charge >= 0.3 is 0 Å². The van der Waals surface area contributed by atoms with Gasteiger partial charge in [-0.2, -0.15) is 0 Å². The van der Waals surface area contributed by atoms with E-state index in [-0.39, 0.29) is 42.0 Å². The molecule has 1 heterocycles. The van der Waals surface area contributed by atoms with Gasteiger partial charge in [-0.05, 0) is 47.6 Å². The van der Waals surface area contributed by atoms with Crippen molar-refractivity contribution in [3.63, 3.8) is 0 Å². The first-order valence-corrected chi connectivity index (χ1v) is 9.73. The standard InChI is InChI=1S/C23H24N2O3/c1-23(2)13-12-19(17-8-3-4-9-18(17)23)24-22(28)15-6-5-7-16(14-15)25-20(26)10-11-21(25)27/h3-9,14,19H,10-13H2,1-2H3,(H,24,28)/t19-/m0/s1. The zero-order chi connectivity index (χ0) is 19.9. The zero-order valence-corrected chi connectivity index (χ0v) is 16.2. The molecule has 1 atom stereocenters. The van der Waals surface area contributed by atoms with Crippen LogP contribution in [0.3, 0.4) is 0 Å². The third kappa shape index (κ3) is 3.21. The molecule has 1 N–H and O–H groups in total. The molecule has 28 heavy (non-hydrogen) atoms. The fourth-order valence-electron chi connectivity index (χ4n) is 4.25. The topological polar surface area (TPSA) is 66.5 Å². The largest absolute Gasteiger partial charge is 0.345 e. The number of hydrogen-bond acceptors (Lipinski definition) is 3. The monoisotopic (exact) mass is 376 g/mol. The second kappa shape index (κ2) is 6.89. The van der Waals surface area contributed by atoms with Crippen LogP contribution in [0.2, 0.25) is 0 Å².